The fraction of sp³-hybridized carbons (Fsp3) is 0.757. The number of hydrogen-bond acceptors (Lipinski definition) is 2. The molecule has 2 nitrogen and oxygen atoms in total. The van der Waals surface area contributed by atoms with Gasteiger partial charge in [-0.2, -0.15) is 0 Å². The molecular weight excluding hydrogens is 976 g/mol. The molecule has 0 unspecified atom stereocenters. The molecule has 0 bridgehead atoms. The van der Waals surface area contributed by atoms with Crippen molar-refractivity contribution >= 4 is 22.8 Å². The second-order valence-corrected chi connectivity index (χ2v) is 23.4. The van der Waals surface area contributed by atoms with Gasteiger partial charge in [0.1, 0.15) is 0 Å². The van der Waals surface area contributed by atoms with E-state index in [1.807, 2.05) is 0 Å². The molecule has 0 aliphatic heterocycles. The van der Waals surface area contributed by atoms with E-state index in [2.05, 4.69) is 99.9 Å². The number of benzene rings is 2. The Morgan fingerprint density at radius 3 is 0.714 bits per heavy atom. The normalized spacial score (nSPS) is 11.6. The third-order valence-electron chi connectivity index (χ3n) is 15.9. The summed E-state index contributed by atoms with van der Waals surface area (Å²) in [5.41, 5.74) is 6.50. The van der Waals surface area contributed by atoms with Crippen LogP contribution in [0.25, 0.3) is 0 Å². The summed E-state index contributed by atoms with van der Waals surface area (Å²) in [6, 6.07) is 17.3. The summed E-state index contributed by atoms with van der Waals surface area (Å²) in [6.45, 7) is 9.19. The molecule has 0 spiro atoms. The van der Waals surface area contributed by atoms with Crippen molar-refractivity contribution in [3.8, 4) is 23.7 Å². The summed E-state index contributed by atoms with van der Waals surface area (Å²) in [6.07, 6.45) is 70.6. The van der Waals surface area contributed by atoms with E-state index in [4.69, 9.17) is 9.98 Å². The number of aliphatic imine (C=N–C) groups is 2. The Balaban J connectivity index is 0.0000296. The molecule has 0 radical (unpaired) electrons. The zero-order valence-corrected chi connectivity index (χ0v) is 52.6. The van der Waals surface area contributed by atoms with Crippen molar-refractivity contribution in [1.29, 1.82) is 0 Å². The maximum absolute atomic E-state index is 5.33. The van der Waals surface area contributed by atoms with Crippen LogP contribution in [0.2, 0.25) is 0 Å². The Morgan fingerprint density at radius 1 is 0.260 bits per heavy atom. The van der Waals surface area contributed by atoms with Gasteiger partial charge in [-0.25, -0.2) is 0 Å². The minimum atomic E-state index is 0. The van der Waals surface area contributed by atoms with Crippen LogP contribution in [-0.4, -0.2) is 11.4 Å². The van der Waals surface area contributed by atoms with Crippen molar-refractivity contribution in [2.45, 2.75) is 362 Å². The fourth-order valence-corrected chi connectivity index (χ4v) is 10.8. The molecule has 0 amide bonds. The van der Waals surface area contributed by atoms with Gasteiger partial charge in [0, 0.05) is 40.5 Å². The second kappa shape index (κ2) is 58.1. The Bertz CT molecular complexity index is 1730. The summed E-state index contributed by atoms with van der Waals surface area (Å²) in [7, 11) is 0. The molecule has 0 aliphatic carbocycles. The first kappa shape index (κ1) is 72.4. The van der Waals surface area contributed by atoms with E-state index in [0.29, 0.717) is 0 Å². The van der Waals surface area contributed by atoms with Crippen LogP contribution >= 0.6 is 0 Å². The van der Waals surface area contributed by atoms with Gasteiger partial charge >= 0.3 is 0 Å². The second-order valence-electron chi connectivity index (χ2n) is 23.4. The van der Waals surface area contributed by atoms with Crippen LogP contribution in [0.1, 0.15) is 373 Å². The quantitative estimate of drug-likeness (QED) is 0.0273. The molecule has 0 fully saturated rings. The maximum Gasteiger partial charge on any atom is 0.0634 e. The molecule has 2 aromatic carbocycles. The van der Waals surface area contributed by atoms with Crippen LogP contribution in [-0.2, 0) is 16.5 Å². The van der Waals surface area contributed by atoms with Gasteiger partial charge in [-0.3, -0.25) is 9.98 Å². The molecule has 0 atom stereocenters. The summed E-state index contributed by atoms with van der Waals surface area (Å²) in [4.78, 5) is 10.6. The Morgan fingerprint density at radius 2 is 0.468 bits per heavy atom. The topological polar surface area (TPSA) is 24.7 Å². The molecule has 0 N–H and O–H groups in total. The molecule has 0 saturated carbocycles. The number of rotatable bonds is 53. The molecular formula is C74H124N2Ni. The summed E-state index contributed by atoms with van der Waals surface area (Å²) >= 11 is 0. The minimum absolute atomic E-state index is 0. The molecule has 77 heavy (non-hydrogen) atoms. The van der Waals surface area contributed by atoms with Gasteiger partial charge in [0.2, 0.25) is 0 Å². The molecule has 440 valence electrons. The summed E-state index contributed by atoms with van der Waals surface area (Å²) in [5, 5.41) is 0. The van der Waals surface area contributed by atoms with E-state index in [1.54, 1.807) is 0 Å². The first-order valence-corrected chi connectivity index (χ1v) is 34.0. The van der Waals surface area contributed by atoms with Crippen molar-refractivity contribution in [3.63, 3.8) is 0 Å². The average molecular weight is 1100 g/mol. The zero-order chi connectivity index (χ0) is 54.1. The summed E-state index contributed by atoms with van der Waals surface area (Å²) in [5.74, 6) is 13.8. The fourth-order valence-electron chi connectivity index (χ4n) is 10.8. The van der Waals surface area contributed by atoms with Gasteiger partial charge in [0.25, 0.3) is 0 Å². The van der Waals surface area contributed by atoms with Crippen molar-refractivity contribution in [1.82, 2.24) is 0 Å². The van der Waals surface area contributed by atoms with Crippen molar-refractivity contribution in [2.75, 3.05) is 0 Å². The van der Waals surface area contributed by atoms with Gasteiger partial charge < -0.3 is 0 Å². The van der Waals surface area contributed by atoms with Gasteiger partial charge in [-0.05, 0) is 87.1 Å². The number of nitrogens with zero attached hydrogens (tertiary/aromatic N) is 2. The zero-order valence-electron chi connectivity index (χ0n) is 51.6. The predicted octanol–water partition coefficient (Wildman–Crippen LogP) is 25.6. The van der Waals surface area contributed by atoms with Gasteiger partial charge in [-0.15, -0.1) is 0 Å². The van der Waals surface area contributed by atoms with E-state index in [-0.39, 0.29) is 16.5 Å². The maximum atomic E-state index is 5.33. The molecule has 2 rings (SSSR count). The van der Waals surface area contributed by atoms with Crippen molar-refractivity contribution in [2.24, 2.45) is 9.98 Å². The van der Waals surface area contributed by atoms with Crippen LogP contribution in [0.15, 0.2) is 58.5 Å². The van der Waals surface area contributed by atoms with Crippen LogP contribution < -0.4 is 0 Å². The Kier molecular flexibility index (Phi) is 54.6. The molecule has 0 aromatic heterocycles. The van der Waals surface area contributed by atoms with Gasteiger partial charge in [0.15, 0.2) is 0 Å². The summed E-state index contributed by atoms with van der Waals surface area (Å²) < 4.78 is 0. The molecule has 3 heteroatoms. The minimum Gasteiger partial charge on any atom is -0.252 e. The number of hydrogen-bond donors (Lipinski definition) is 0. The standard InChI is InChI=1S/C74H124N2.Ni/c1-5-9-13-16-19-21-23-25-27-29-31-33-35-37-39-41-43-45-47-49-51-54-57-69-61-65-71(66-62-69)75-73(59-12-8-4)74(60-56-53-18-15-11-7-3)76-72-67-63-70(64-68-72)58-55-52-50-48-46-44-42-40-38-36-34-32-30-28-26-24-22-20-17-14-10-6-2;/h61-68H,5-53,56,59-60H2,1-4H3;. The first-order chi connectivity index (χ1) is 37.7. The molecule has 2 aromatic rings. The monoisotopic (exact) mass is 1100 g/mol. The third kappa shape index (κ3) is 46.8. The predicted molar refractivity (Wildman–Crippen MR) is 344 cm³/mol. The SMILES string of the molecule is CCCCCCCCCCCCCCCCCCCCCCC#Cc1ccc(N=C(CCCC)C(CCCCCCCC)=Nc2ccc(C#CCCCCCCCCCCCCCCCCCCCCCC)cc2)cc1.[Ni]. The van der Waals surface area contributed by atoms with Crippen LogP contribution in [0, 0.1) is 23.7 Å². The van der Waals surface area contributed by atoms with Gasteiger partial charge in [-0.1, -0.05) is 334 Å². The van der Waals surface area contributed by atoms with E-state index in [1.165, 1.54) is 289 Å². The number of unbranched alkanes of at least 4 members (excludes halogenated alkanes) is 46. The molecule has 0 aliphatic rings. The van der Waals surface area contributed by atoms with E-state index in [9.17, 15) is 0 Å². The van der Waals surface area contributed by atoms with E-state index >= 15 is 0 Å². The molecule has 0 heterocycles. The first-order valence-electron chi connectivity index (χ1n) is 34.0. The van der Waals surface area contributed by atoms with E-state index < -0.39 is 0 Å². The third-order valence-corrected chi connectivity index (χ3v) is 15.9. The Labute approximate surface area is 491 Å². The van der Waals surface area contributed by atoms with Crippen molar-refractivity contribution < 1.29 is 16.5 Å². The van der Waals surface area contributed by atoms with Crippen LogP contribution in [0.4, 0.5) is 11.4 Å². The smallest absolute Gasteiger partial charge is 0.0634 e. The van der Waals surface area contributed by atoms with Crippen LogP contribution in [0.5, 0.6) is 0 Å². The average Bonchev–Trinajstić information content (AvgIpc) is 3.44. The van der Waals surface area contributed by atoms with Crippen LogP contribution in [0.3, 0.4) is 0 Å². The largest absolute Gasteiger partial charge is 0.252 e. The Hall–Kier alpha value is -2.61. The molecule has 0 saturated heterocycles. The van der Waals surface area contributed by atoms with E-state index in [0.717, 1.165) is 78.9 Å². The van der Waals surface area contributed by atoms with Gasteiger partial charge in [0.05, 0.1) is 22.8 Å². The van der Waals surface area contributed by atoms with Crippen molar-refractivity contribution in [3.05, 3.63) is 59.7 Å².